The maximum atomic E-state index is 6.17. The van der Waals surface area contributed by atoms with Crippen molar-refractivity contribution in [3.8, 4) is 0 Å². The molecule has 1 unspecified atom stereocenters. The van der Waals surface area contributed by atoms with Crippen molar-refractivity contribution < 1.29 is 4.74 Å². The number of aryl methyl sites for hydroxylation is 3. The molecule has 1 aliphatic rings. The Morgan fingerprint density at radius 1 is 1.10 bits per heavy atom. The van der Waals surface area contributed by atoms with Crippen LogP contribution in [0, 0.1) is 20.8 Å². The molecule has 1 N–H and O–H groups in total. The van der Waals surface area contributed by atoms with Crippen LogP contribution in [-0.2, 0) is 4.74 Å². The molecule has 1 aromatic rings. The summed E-state index contributed by atoms with van der Waals surface area (Å²) < 4.78 is 6.17. The fourth-order valence-corrected chi connectivity index (χ4v) is 3.52. The molecule has 0 heterocycles. The summed E-state index contributed by atoms with van der Waals surface area (Å²) in [6.45, 7) is 7.36. The van der Waals surface area contributed by atoms with Gasteiger partial charge >= 0.3 is 0 Å². The van der Waals surface area contributed by atoms with Gasteiger partial charge in [0, 0.05) is 0 Å². The van der Waals surface area contributed by atoms with Crippen LogP contribution in [0.15, 0.2) is 12.1 Å². The Morgan fingerprint density at radius 3 is 2.25 bits per heavy atom. The molecule has 1 aliphatic carbocycles. The Bertz CT molecular complexity index is 412. The third-order valence-electron chi connectivity index (χ3n) is 4.49. The zero-order valence-corrected chi connectivity index (χ0v) is 13.5. The summed E-state index contributed by atoms with van der Waals surface area (Å²) in [4.78, 5) is 0. The molecule has 0 spiro atoms. The highest BCUT2D eigenvalue weighted by Gasteiger charge is 2.19. The SMILES string of the molecule is CNC(COC1CCCCC1)c1c(C)cc(C)cc1C. The molecule has 0 amide bonds. The second-order valence-corrected chi connectivity index (χ2v) is 6.25. The molecular weight excluding hydrogens is 246 g/mol. The predicted molar refractivity (Wildman–Crippen MR) is 85.3 cm³/mol. The lowest BCUT2D eigenvalue weighted by Crippen LogP contribution is -2.27. The van der Waals surface area contributed by atoms with E-state index in [0.717, 1.165) is 6.61 Å². The number of likely N-dealkylation sites (N-methyl/N-ethyl adjacent to an activating group) is 1. The molecule has 1 fully saturated rings. The molecule has 2 nitrogen and oxygen atoms in total. The van der Waals surface area contributed by atoms with Crippen LogP contribution in [0.1, 0.15) is 60.4 Å². The first-order chi connectivity index (χ1) is 9.61. The number of hydrogen-bond donors (Lipinski definition) is 1. The summed E-state index contributed by atoms with van der Waals surface area (Å²) in [6, 6.07) is 4.85. The molecule has 1 saturated carbocycles. The summed E-state index contributed by atoms with van der Waals surface area (Å²) in [5, 5.41) is 3.43. The molecule has 1 atom stereocenters. The molecule has 20 heavy (non-hydrogen) atoms. The van der Waals surface area contributed by atoms with E-state index in [4.69, 9.17) is 4.74 Å². The van der Waals surface area contributed by atoms with Gasteiger partial charge in [0.1, 0.15) is 0 Å². The Hall–Kier alpha value is -0.860. The van der Waals surface area contributed by atoms with Crippen molar-refractivity contribution >= 4 is 0 Å². The predicted octanol–water partition coefficient (Wildman–Crippen LogP) is 4.22. The second kappa shape index (κ2) is 7.24. The van der Waals surface area contributed by atoms with Crippen LogP contribution in [-0.4, -0.2) is 19.8 Å². The third kappa shape index (κ3) is 3.83. The third-order valence-corrected chi connectivity index (χ3v) is 4.49. The van der Waals surface area contributed by atoms with Crippen molar-refractivity contribution in [3.63, 3.8) is 0 Å². The molecule has 2 rings (SSSR count). The van der Waals surface area contributed by atoms with Crippen molar-refractivity contribution in [2.24, 2.45) is 0 Å². The number of rotatable bonds is 5. The smallest absolute Gasteiger partial charge is 0.0665 e. The van der Waals surface area contributed by atoms with Gasteiger partial charge in [0.2, 0.25) is 0 Å². The second-order valence-electron chi connectivity index (χ2n) is 6.25. The minimum atomic E-state index is 0.303. The van der Waals surface area contributed by atoms with Crippen molar-refractivity contribution in [2.75, 3.05) is 13.7 Å². The van der Waals surface area contributed by atoms with E-state index < -0.39 is 0 Å². The zero-order valence-electron chi connectivity index (χ0n) is 13.5. The highest BCUT2D eigenvalue weighted by molar-refractivity contribution is 5.39. The lowest BCUT2D eigenvalue weighted by atomic mass is 9.94. The summed E-state index contributed by atoms with van der Waals surface area (Å²) in [6.07, 6.45) is 7.00. The molecular formula is C18H29NO. The van der Waals surface area contributed by atoms with Crippen molar-refractivity contribution in [2.45, 2.75) is 65.0 Å². The minimum Gasteiger partial charge on any atom is -0.376 e. The van der Waals surface area contributed by atoms with E-state index in [1.807, 2.05) is 7.05 Å². The lowest BCUT2D eigenvalue weighted by Gasteiger charge is -2.27. The van der Waals surface area contributed by atoms with E-state index in [-0.39, 0.29) is 0 Å². The van der Waals surface area contributed by atoms with E-state index in [1.54, 1.807) is 0 Å². The molecule has 2 heteroatoms. The van der Waals surface area contributed by atoms with E-state index >= 15 is 0 Å². The summed E-state index contributed by atoms with van der Waals surface area (Å²) in [7, 11) is 2.04. The van der Waals surface area contributed by atoms with Crippen molar-refractivity contribution in [3.05, 3.63) is 34.4 Å². The minimum absolute atomic E-state index is 0.303. The first kappa shape index (κ1) is 15.5. The Balaban J connectivity index is 2.04. The Kier molecular flexibility index (Phi) is 5.62. The Morgan fingerprint density at radius 2 is 1.70 bits per heavy atom. The first-order valence-corrected chi connectivity index (χ1v) is 7.98. The van der Waals surface area contributed by atoms with E-state index in [1.165, 1.54) is 54.4 Å². The summed E-state index contributed by atoms with van der Waals surface area (Å²) >= 11 is 0. The number of nitrogens with one attached hydrogen (secondary N) is 1. The van der Waals surface area contributed by atoms with Crippen LogP contribution < -0.4 is 5.32 Å². The number of benzene rings is 1. The summed E-state index contributed by atoms with van der Waals surface area (Å²) in [5.41, 5.74) is 5.49. The number of ether oxygens (including phenoxy) is 1. The van der Waals surface area contributed by atoms with Gasteiger partial charge in [-0.3, -0.25) is 0 Å². The topological polar surface area (TPSA) is 21.3 Å². The van der Waals surface area contributed by atoms with Gasteiger partial charge < -0.3 is 10.1 Å². The molecule has 0 aliphatic heterocycles. The van der Waals surface area contributed by atoms with Crippen LogP contribution in [0.3, 0.4) is 0 Å². The van der Waals surface area contributed by atoms with Crippen LogP contribution in [0.2, 0.25) is 0 Å². The van der Waals surface area contributed by atoms with E-state index in [2.05, 4.69) is 38.2 Å². The van der Waals surface area contributed by atoms with E-state index in [9.17, 15) is 0 Å². The van der Waals surface area contributed by atoms with Gasteiger partial charge in [0.25, 0.3) is 0 Å². The Labute approximate surface area is 123 Å². The molecule has 0 saturated heterocycles. The van der Waals surface area contributed by atoms with Gasteiger partial charge in [0.05, 0.1) is 18.8 Å². The molecule has 112 valence electrons. The highest BCUT2D eigenvalue weighted by atomic mass is 16.5. The molecule has 0 radical (unpaired) electrons. The van der Waals surface area contributed by atoms with Crippen molar-refractivity contribution in [1.82, 2.24) is 5.32 Å². The van der Waals surface area contributed by atoms with Crippen LogP contribution in [0.5, 0.6) is 0 Å². The van der Waals surface area contributed by atoms with Gasteiger partial charge in [-0.05, 0) is 57.4 Å². The molecule has 0 bridgehead atoms. The fraction of sp³-hybridized carbons (Fsp3) is 0.667. The highest BCUT2D eigenvalue weighted by Crippen LogP contribution is 2.26. The van der Waals surface area contributed by atoms with E-state index in [0.29, 0.717) is 12.1 Å². The van der Waals surface area contributed by atoms with Gasteiger partial charge in [-0.15, -0.1) is 0 Å². The lowest BCUT2D eigenvalue weighted by molar-refractivity contribution is 0.0164. The zero-order chi connectivity index (χ0) is 14.5. The summed E-state index contributed by atoms with van der Waals surface area (Å²) in [5.74, 6) is 0. The fourth-order valence-electron chi connectivity index (χ4n) is 3.52. The normalized spacial score (nSPS) is 18.2. The van der Waals surface area contributed by atoms with Crippen LogP contribution in [0.25, 0.3) is 0 Å². The largest absolute Gasteiger partial charge is 0.376 e. The van der Waals surface area contributed by atoms with Gasteiger partial charge in [0.15, 0.2) is 0 Å². The monoisotopic (exact) mass is 275 g/mol. The maximum Gasteiger partial charge on any atom is 0.0665 e. The van der Waals surface area contributed by atoms with Crippen molar-refractivity contribution in [1.29, 1.82) is 0 Å². The quantitative estimate of drug-likeness (QED) is 0.868. The standard InChI is InChI=1S/C18H29NO/c1-13-10-14(2)18(15(3)11-13)17(19-4)12-20-16-8-6-5-7-9-16/h10-11,16-17,19H,5-9,12H2,1-4H3. The number of hydrogen-bond acceptors (Lipinski definition) is 2. The van der Waals surface area contributed by atoms with Gasteiger partial charge in [-0.25, -0.2) is 0 Å². The first-order valence-electron chi connectivity index (χ1n) is 7.98. The average Bonchev–Trinajstić information content (AvgIpc) is 2.42. The van der Waals surface area contributed by atoms with Gasteiger partial charge in [-0.2, -0.15) is 0 Å². The molecule has 0 aromatic heterocycles. The average molecular weight is 275 g/mol. The van der Waals surface area contributed by atoms with Gasteiger partial charge in [-0.1, -0.05) is 37.0 Å². The maximum absolute atomic E-state index is 6.17. The van der Waals surface area contributed by atoms with Crippen LogP contribution >= 0.6 is 0 Å². The van der Waals surface area contributed by atoms with Crippen LogP contribution in [0.4, 0.5) is 0 Å². The molecule has 1 aromatic carbocycles.